The summed E-state index contributed by atoms with van der Waals surface area (Å²) in [6.07, 6.45) is 1.28. The lowest BCUT2D eigenvalue weighted by Gasteiger charge is -2.17. The molecule has 1 aliphatic rings. The Morgan fingerprint density at radius 2 is 1.80 bits per heavy atom. The summed E-state index contributed by atoms with van der Waals surface area (Å²) in [5, 5.41) is 2.87. The predicted octanol–water partition coefficient (Wildman–Crippen LogP) is 4.35. The molecule has 2 aromatic carbocycles. The van der Waals surface area contributed by atoms with Crippen LogP contribution in [-0.4, -0.2) is 37.3 Å². The van der Waals surface area contributed by atoms with Gasteiger partial charge in [-0.2, -0.15) is 0 Å². The molecule has 1 aliphatic heterocycles. The summed E-state index contributed by atoms with van der Waals surface area (Å²) in [5.41, 5.74) is 4.18. The van der Waals surface area contributed by atoms with Gasteiger partial charge in [0.15, 0.2) is 6.10 Å². The van der Waals surface area contributed by atoms with Crippen molar-refractivity contribution in [1.82, 2.24) is 0 Å². The second kappa shape index (κ2) is 9.76. The standard InChI is InChI=1S/C24H29NO5/c1-15-12-16(2)22(17(3)13-15)25-23(26)18(4)30-24(27)19-7-9-20(10-8-19)29-14-21-6-5-11-28-21/h7-10,12-13,18,21H,5-6,11,14H2,1-4H3,(H,25,26)/t18-,21-/m0/s1. The van der Waals surface area contributed by atoms with Crippen LogP contribution < -0.4 is 10.1 Å². The average Bonchev–Trinajstić information content (AvgIpc) is 3.23. The highest BCUT2D eigenvalue weighted by Crippen LogP contribution is 2.22. The largest absolute Gasteiger partial charge is 0.491 e. The Morgan fingerprint density at radius 1 is 1.13 bits per heavy atom. The van der Waals surface area contributed by atoms with E-state index in [4.69, 9.17) is 14.2 Å². The first-order chi connectivity index (χ1) is 14.3. The van der Waals surface area contributed by atoms with Crippen LogP contribution in [0.25, 0.3) is 0 Å². The molecule has 1 N–H and O–H groups in total. The summed E-state index contributed by atoms with van der Waals surface area (Å²) < 4.78 is 16.6. The fourth-order valence-corrected chi connectivity index (χ4v) is 3.54. The minimum atomic E-state index is -0.923. The molecule has 1 heterocycles. The molecule has 0 saturated carbocycles. The van der Waals surface area contributed by atoms with Crippen LogP contribution in [0.2, 0.25) is 0 Å². The van der Waals surface area contributed by atoms with Crippen molar-refractivity contribution in [2.75, 3.05) is 18.5 Å². The normalized spacial score (nSPS) is 16.7. The summed E-state index contributed by atoms with van der Waals surface area (Å²) >= 11 is 0. The molecule has 2 aromatic rings. The third-order valence-electron chi connectivity index (χ3n) is 5.13. The van der Waals surface area contributed by atoms with E-state index in [2.05, 4.69) is 5.32 Å². The van der Waals surface area contributed by atoms with E-state index < -0.39 is 12.1 Å². The molecule has 0 aliphatic carbocycles. The smallest absolute Gasteiger partial charge is 0.338 e. The Hall–Kier alpha value is -2.86. The minimum absolute atomic E-state index is 0.134. The van der Waals surface area contributed by atoms with Crippen LogP contribution in [-0.2, 0) is 14.3 Å². The van der Waals surface area contributed by atoms with Crippen molar-refractivity contribution < 1.29 is 23.8 Å². The summed E-state index contributed by atoms with van der Waals surface area (Å²) in [6.45, 7) is 8.73. The summed E-state index contributed by atoms with van der Waals surface area (Å²) in [5.74, 6) is -0.256. The molecule has 1 amide bonds. The molecule has 0 radical (unpaired) electrons. The number of amides is 1. The van der Waals surface area contributed by atoms with Gasteiger partial charge in [-0.1, -0.05) is 17.7 Å². The first-order valence-electron chi connectivity index (χ1n) is 10.3. The Labute approximate surface area is 177 Å². The Balaban J connectivity index is 1.53. The molecule has 0 spiro atoms. The number of anilines is 1. The van der Waals surface area contributed by atoms with E-state index in [1.165, 1.54) is 0 Å². The van der Waals surface area contributed by atoms with Gasteiger partial charge in [-0.15, -0.1) is 0 Å². The Kier molecular flexibility index (Phi) is 7.11. The topological polar surface area (TPSA) is 73.9 Å². The van der Waals surface area contributed by atoms with E-state index in [1.807, 2.05) is 32.9 Å². The van der Waals surface area contributed by atoms with Crippen LogP contribution in [0.1, 0.15) is 46.8 Å². The lowest BCUT2D eigenvalue weighted by molar-refractivity contribution is -0.123. The fourth-order valence-electron chi connectivity index (χ4n) is 3.54. The van der Waals surface area contributed by atoms with Gasteiger partial charge in [0, 0.05) is 12.3 Å². The van der Waals surface area contributed by atoms with Gasteiger partial charge in [-0.25, -0.2) is 4.79 Å². The molecule has 6 nitrogen and oxygen atoms in total. The maximum Gasteiger partial charge on any atom is 0.338 e. The monoisotopic (exact) mass is 411 g/mol. The van der Waals surface area contributed by atoms with Gasteiger partial charge >= 0.3 is 5.97 Å². The van der Waals surface area contributed by atoms with E-state index >= 15 is 0 Å². The van der Waals surface area contributed by atoms with Crippen molar-refractivity contribution in [3.63, 3.8) is 0 Å². The minimum Gasteiger partial charge on any atom is -0.491 e. The van der Waals surface area contributed by atoms with Gasteiger partial charge < -0.3 is 19.5 Å². The zero-order chi connectivity index (χ0) is 21.7. The Bertz CT molecular complexity index is 877. The molecule has 2 atom stereocenters. The van der Waals surface area contributed by atoms with Crippen LogP contribution in [0.15, 0.2) is 36.4 Å². The molecule has 6 heteroatoms. The molecule has 0 bridgehead atoms. The maximum atomic E-state index is 12.5. The first-order valence-corrected chi connectivity index (χ1v) is 10.3. The second-order valence-electron chi connectivity index (χ2n) is 7.78. The number of hydrogen-bond acceptors (Lipinski definition) is 5. The third kappa shape index (κ3) is 5.60. The maximum absolute atomic E-state index is 12.5. The van der Waals surface area contributed by atoms with Crippen molar-refractivity contribution in [1.29, 1.82) is 0 Å². The van der Waals surface area contributed by atoms with E-state index in [1.54, 1.807) is 31.2 Å². The van der Waals surface area contributed by atoms with Crippen molar-refractivity contribution >= 4 is 17.6 Å². The lowest BCUT2D eigenvalue weighted by atomic mass is 10.0. The van der Waals surface area contributed by atoms with Gasteiger partial charge in [0.2, 0.25) is 0 Å². The van der Waals surface area contributed by atoms with E-state index in [0.717, 1.165) is 41.8 Å². The van der Waals surface area contributed by atoms with Crippen LogP contribution in [0.5, 0.6) is 5.75 Å². The number of hydrogen-bond donors (Lipinski definition) is 1. The average molecular weight is 411 g/mol. The molecule has 30 heavy (non-hydrogen) atoms. The lowest BCUT2D eigenvalue weighted by Crippen LogP contribution is -2.30. The number of carbonyl (C=O) groups is 2. The molecule has 3 rings (SSSR count). The van der Waals surface area contributed by atoms with Crippen molar-refractivity contribution in [3.8, 4) is 5.75 Å². The highest BCUT2D eigenvalue weighted by atomic mass is 16.5. The third-order valence-corrected chi connectivity index (χ3v) is 5.13. The summed E-state index contributed by atoms with van der Waals surface area (Å²) in [4.78, 5) is 24.9. The van der Waals surface area contributed by atoms with Gasteiger partial charge in [0.05, 0.1) is 11.7 Å². The first kappa shape index (κ1) is 21.8. The van der Waals surface area contributed by atoms with Gasteiger partial charge in [0.1, 0.15) is 12.4 Å². The zero-order valence-corrected chi connectivity index (χ0v) is 18.0. The predicted molar refractivity (Wildman–Crippen MR) is 115 cm³/mol. The number of rotatable bonds is 7. The second-order valence-corrected chi connectivity index (χ2v) is 7.78. The number of benzene rings is 2. The van der Waals surface area contributed by atoms with Gasteiger partial charge in [-0.05, 0) is 75.9 Å². The van der Waals surface area contributed by atoms with E-state index in [0.29, 0.717) is 17.9 Å². The number of esters is 1. The quantitative estimate of drug-likeness (QED) is 0.686. The van der Waals surface area contributed by atoms with Crippen molar-refractivity contribution in [2.45, 2.75) is 52.7 Å². The SMILES string of the molecule is Cc1cc(C)c(NC(=O)[C@H](C)OC(=O)c2ccc(OC[C@@H]3CCCO3)cc2)c(C)c1. The van der Waals surface area contributed by atoms with Crippen LogP contribution >= 0.6 is 0 Å². The molecule has 1 fully saturated rings. The highest BCUT2D eigenvalue weighted by molar-refractivity contribution is 5.98. The molecular weight excluding hydrogens is 382 g/mol. The van der Waals surface area contributed by atoms with Crippen LogP contribution in [0.4, 0.5) is 5.69 Å². The van der Waals surface area contributed by atoms with Crippen molar-refractivity contribution in [3.05, 3.63) is 58.7 Å². The van der Waals surface area contributed by atoms with Gasteiger partial charge in [-0.3, -0.25) is 4.79 Å². The molecule has 0 aromatic heterocycles. The number of nitrogens with one attached hydrogen (secondary N) is 1. The van der Waals surface area contributed by atoms with E-state index in [9.17, 15) is 9.59 Å². The molecule has 0 unspecified atom stereocenters. The van der Waals surface area contributed by atoms with Crippen LogP contribution in [0.3, 0.4) is 0 Å². The van der Waals surface area contributed by atoms with Crippen LogP contribution in [0, 0.1) is 20.8 Å². The van der Waals surface area contributed by atoms with Crippen molar-refractivity contribution in [2.24, 2.45) is 0 Å². The molecule has 160 valence electrons. The van der Waals surface area contributed by atoms with Gasteiger partial charge in [0.25, 0.3) is 5.91 Å². The number of carbonyl (C=O) groups excluding carboxylic acids is 2. The highest BCUT2D eigenvalue weighted by Gasteiger charge is 2.21. The number of aryl methyl sites for hydroxylation is 3. The number of ether oxygens (including phenoxy) is 3. The fraction of sp³-hybridized carbons (Fsp3) is 0.417. The zero-order valence-electron chi connectivity index (χ0n) is 18.0. The molecular formula is C24H29NO5. The van der Waals surface area contributed by atoms with E-state index in [-0.39, 0.29) is 12.0 Å². The molecule has 1 saturated heterocycles. The summed E-state index contributed by atoms with van der Waals surface area (Å²) in [7, 11) is 0. The Morgan fingerprint density at radius 3 is 2.40 bits per heavy atom. The summed E-state index contributed by atoms with van der Waals surface area (Å²) in [6, 6.07) is 10.7.